The number of Topliss-reactive ketones (excluding diaryl/α,β-unsaturated/α-hetero) is 1. The molecule has 10 heteroatoms. The Hall–Kier alpha value is -3.92. The molecule has 0 spiro atoms. The Morgan fingerprint density at radius 2 is 1.64 bits per heavy atom. The first-order chi connectivity index (χ1) is 18.7. The maximum absolute atomic E-state index is 13.3. The number of ketones is 1. The van der Waals surface area contributed by atoms with Gasteiger partial charge in [-0.3, -0.25) is 19.7 Å². The fourth-order valence-electron chi connectivity index (χ4n) is 4.78. The van der Waals surface area contributed by atoms with Crippen LogP contribution >= 0.6 is 0 Å². The number of nitrogens with zero attached hydrogens (tertiary/aromatic N) is 3. The molecule has 3 rings (SSSR count). The third kappa shape index (κ3) is 6.94. The summed E-state index contributed by atoms with van der Waals surface area (Å²) in [6.45, 7) is 7.27. The lowest BCUT2D eigenvalue weighted by Gasteiger charge is -2.27. The molecule has 2 N–H and O–H groups in total. The van der Waals surface area contributed by atoms with Gasteiger partial charge in [0.05, 0.1) is 23.6 Å². The minimum absolute atomic E-state index is 0.101. The molecule has 1 aliphatic heterocycles. The molecule has 10 nitrogen and oxygen atoms in total. The first kappa shape index (κ1) is 29.6. The number of hydrogen-bond donors (Lipinski definition) is 2. The first-order valence-electron chi connectivity index (χ1n) is 13.4. The summed E-state index contributed by atoms with van der Waals surface area (Å²) >= 11 is 0. The van der Waals surface area contributed by atoms with Gasteiger partial charge in [-0.2, -0.15) is 0 Å². The quantitative estimate of drug-likeness (QED) is 0.112. The second kappa shape index (κ2) is 13.7. The highest BCUT2D eigenvalue weighted by atomic mass is 16.6. The van der Waals surface area contributed by atoms with Gasteiger partial charge in [-0.1, -0.05) is 32.8 Å². The van der Waals surface area contributed by atoms with Crippen LogP contribution in [0.5, 0.6) is 11.5 Å². The van der Waals surface area contributed by atoms with Gasteiger partial charge >= 0.3 is 0 Å². The number of carbonyl (C=O) groups excluding carboxylic acids is 2. The van der Waals surface area contributed by atoms with Crippen molar-refractivity contribution < 1.29 is 29.5 Å². The number of likely N-dealkylation sites (tertiary alicyclic amines) is 1. The van der Waals surface area contributed by atoms with Crippen molar-refractivity contribution in [1.82, 2.24) is 9.80 Å². The average Bonchev–Trinajstić information content (AvgIpc) is 3.19. The molecule has 210 valence electrons. The van der Waals surface area contributed by atoms with Crippen LogP contribution in [0.15, 0.2) is 48.0 Å². The fourth-order valence-corrected chi connectivity index (χ4v) is 4.78. The molecule has 2 aromatic rings. The van der Waals surface area contributed by atoms with Crippen LogP contribution < -0.4 is 4.74 Å². The Morgan fingerprint density at radius 1 is 1.03 bits per heavy atom. The van der Waals surface area contributed by atoms with E-state index in [9.17, 15) is 29.9 Å². The molecule has 39 heavy (non-hydrogen) atoms. The highest BCUT2D eigenvalue weighted by molar-refractivity contribution is 6.46. The van der Waals surface area contributed by atoms with Gasteiger partial charge in [0.15, 0.2) is 11.5 Å². The van der Waals surface area contributed by atoms with E-state index < -0.39 is 28.4 Å². The van der Waals surface area contributed by atoms with Crippen molar-refractivity contribution in [2.45, 2.75) is 52.0 Å². The molecule has 0 saturated carbocycles. The number of aliphatic hydroxyl groups is 1. The Morgan fingerprint density at radius 3 is 2.21 bits per heavy atom. The number of benzene rings is 2. The lowest BCUT2D eigenvalue weighted by molar-refractivity contribution is -0.384. The smallest absolute Gasteiger partial charge is 0.295 e. The third-order valence-corrected chi connectivity index (χ3v) is 6.94. The molecule has 0 bridgehead atoms. The van der Waals surface area contributed by atoms with E-state index in [2.05, 4.69) is 18.7 Å². The van der Waals surface area contributed by atoms with E-state index in [4.69, 9.17) is 4.74 Å². The normalized spacial score (nSPS) is 16.7. The van der Waals surface area contributed by atoms with Crippen molar-refractivity contribution >= 4 is 23.1 Å². The maximum atomic E-state index is 13.3. The van der Waals surface area contributed by atoms with Gasteiger partial charge in [-0.25, -0.2) is 0 Å². The summed E-state index contributed by atoms with van der Waals surface area (Å²) in [4.78, 5) is 40.9. The van der Waals surface area contributed by atoms with E-state index in [0.717, 1.165) is 45.3 Å². The van der Waals surface area contributed by atoms with E-state index in [1.807, 2.05) is 0 Å². The molecule has 0 aliphatic carbocycles. The molecule has 1 heterocycles. The summed E-state index contributed by atoms with van der Waals surface area (Å²) in [7, 11) is 1.40. The SMILES string of the molecule is CCCCN(CCCC)CCCN1C(=O)C(=O)/C(=C(\O)c2ccc([N+](=O)[O-])cc2)C1c1ccc(O)c(OC)c1. The topological polar surface area (TPSA) is 133 Å². The van der Waals surface area contributed by atoms with Crippen molar-refractivity contribution in [3.05, 3.63) is 69.3 Å². The minimum atomic E-state index is -0.922. The van der Waals surface area contributed by atoms with E-state index in [0.29, 0.717) is 12.0 Å². The van der Waals surface area contributed by atoms with Crippen LogP contribution in [0.25, 0.3) is 5.76 Å². The number of unbranched alkanes of at least 4 members (excludes halogenated alkanes) is 2. The predicted molar refractivity (Wildman–Crippen MR) is 148 cm³/mol. The first-order valence-corrected chi connectivity index (χ1v) is 13.4. The number of nitro groups is 1. The van der Waals surface area contributed by atoms with E-state index >= 15 is 0 Å². The van der Waals surface area contributed by atoms with Gasteiger partial charge in [-0.05, 0) is 68.7 Å². The highest BCUT2D eigenvalue weighted by Crippen LogP contribution is 2.42. The average molecular weight is 540 g/mol. The third-order valence-electron chi connectivity index (χ3n) is 6.94. The second-order valence-electron chi connectivity index (χ2n) is 9.63. The van der Waals surface area contributed by atoms with Crippen LogP contribution in [0, 0.1) is 10.1 Å². The van der Waals surface area contributed by atoms with E-state index in [1.54, 1.807) is 6.07 Å². The summed E-state index contributed by atoms with van der Waals surface area (Å²) in [6, 6.07) is 8.75. The van der Waals surface area contributed by atoms with Crippen LogP contribution in [0.1, 0.15) is 63.1 Å². The number of non-ortho nitro benzene ring substituents is 1. The van der Waals surface area contributed by atoms with Crippen LogP contribution in [0.2, 0.25) is 0 Å². The van der Waals surface area contributed by atoms with E-state index in [-0.39, 0.29) is 34.9 Å². The number of amides is 1. The molecule has 1 amide bonds. The standard InChI is InChI=1S/C29H37N3O7/c1-4-6-15-30(16-7-5-2)17-8-18-31-26(21-11-14-23(33)24(19-21)39-3)25(28(35)29(31)36)27(34)20-9-12-22(13-10-20)32(37)38/h9-14,19,26,33-34H,4-8,15-18H2,1-3H3/b27-25-. The van der Waals surface area contributed by atoms with Gasteiger partial charge in [0, 0.05) is 24.2 Å². The number of methoxy groups -OCH3 is 1. The second-order valence-corrected chi connectivity index (χ2v) is 9.63. The number of hydrogen-bond acceptors (Lipinski definition) is 8. The summed E-state index contributed by atoms with van der Waals surface area (Å²) in [6.07, 6.45) is 4.96. The molecule has 2 aromatic carbocycles. The van der Waals surface area contributed by atoms with Crippen LogP contribution in [-0.4, -0.2) is 69.9 Å². The number of nitro benzene ring substituents is 1. The molecule has 1 fully saturated rings. The number of aliphatic hydroxyl groups excluding tert-OH is 1. The zero-order chi connectivity index (χ0) is 28.5. The van der Waals surface area contributed by atoms with E-state index in [1.165, 1.54) is 48.4 Å². The lowest BCUT2D eigenvalue weighted by Crippen LogP contribution is -2.34. The minimum Gasteiger partial charge on any atom is -0.507 e. The molecule has 1 saturated heterocycles. The van der Waals surface area contributed by atoms with Crippen molar-refractivity contribution in [2.75, 3.05) is 33.3 Å². The van der Waals surface area contributed by atoms with Gasteiger partial charge in [0.25, 0.3) is 17.4 Å². The Labute approximate surface area is 228 Å². The Kier molecular flexibility index (Phi) is 10.4. The zero-order valence-electron chi connectivity index (χ0n) is 22.8. The summed E-state index contributed by atoms with van der Waals surface area (Å²) in [5.74, 6) is -1.93. The largest absolute Gasteiger partial charge is 0.507 e. The fraction of sp³-hybridized carbons (Fsp3) is 0.448. The number of phenols is 1. The summed E-state index contributed by atoms with van der Waals surface area (Å²) < 4.78 is 5.25. The van der Waals surface area contributed by atoms with Crippen molar-refractivity contribution in [3.8, 4) is 11.5 Å². The van der Waals surface area contributed by atoms with Gasteiger partial charge < -0.3 is 24.7 Å². The van der Waals surface area contributed by atoms with Crippen LogP contribution in [-0.2, 0) is 9.59 Å². The number of aromatic hydroxyl groups is 1. The van der Waals surface area contributed by atoms with Crippen molar-refractivity contribution in [2.24, 2.45) is 0 Å². The monoisotopic (exact) mass is 539 g/mol. The molecular formula is C29H37N3O7. The summed E-state index contributed by atoms with van der Waals surface area (Å²) in [5, 5.41) is 32.4. The molecule has 1 atom stereocenters. The van der Waals surface area contributed by atoms with Crippen molar-refractivity contribution in [3.63, 3.8) is 0 Å². The molecule has 1 unspecified atom stereocenters. The zero-order valence-corrected chi connectivity index (χ0v) is 22.8. The number of carbonyl (C=O) groups is 2. The number of ether oxygens (including phenoxy) is 1. The van der Waals surface area contributed by atoms with Gasteiger partial charge in [0.2, 0.25) is 0 Å². The van der Waals surface area contributed by atoms with Crippen LogP contribution in [0.4, 0.5) is 5.69 Å². The predicted octanol–water partition coefficient (Wildman–Crippen LogP) is 5.02. The molecular weight excluding hydrogens is 502 g/mol. The Balaban J connectivity index is 1.98. The van der Waals surface area contributed by atoms with Gasteiger partial charge in [-0.15, -0.1) is 0 Å². The molecule has 1 aliphatic rings. The highest BCUT2D eigenvalue weighted by Gasteiger charge is 2.46. The lowest BCUT2D eigenvalue weighted by atomic mass is 9.95. The number of rotatable bonds is 14. The van der Waals surface area contributed by atoms with Crippen molar-refractivity contribution in [1.29, 1.82) is 0 Å². The number of phenolic OH excluding ortho intramolecular Hbond substituents is 1. The molecule has 0 aromatic heterocycles. The maximum Gasteiger partial charge on any atom is 0.295 e. The van der Waals surface area contributed by atoms with Gasteiger partial charge in [0.1, 0.15) is 5.76 Å². The summed E-state index contributed by atoms with van der Waals surface area (Å²) in [5.41, 5.74) is 0.388. The van der Waals surface area contributed by atoms with Crippen LogP contribution in [0.3, 0.4) is 0 Å². The Bertz CT molecular complexity index is 1200. The molecule has 0 radical (unpaired) electrons.